The molecular formula is C17H26N4. The Bertz CT molecular complexity index is 542. The molecule has 21 heavy (non-hydrogen) atoms. The van der Waals surface area contributed by atoms with Gasteiger partial charge in [0.05, 0.1) is 0 Å². The van der Waals surface area contributed by atoms with Gasteiger partial charge in [-0.3, -0.25) is 0 Å². The zero-order chi connectivity index (χ0) is 15.2. The smallest absolute Gasteiger partial charge is 0.138 e. The number of nitrogens with zero attached hydrogens (tertiary/aromatic N) is 3. The molecule has 1 unspecified atom stereocenters. The van der Waals surface area contributed by atoms with Gasteiger partial charge in [0, 0.05) is 25.4 Å². The van der Waals surface area contributed by atoms with E-state index >= 15 is 0 Å². The van der Waals surface area contributed by atoms with Gasteiger partial charge in [0.2, 0.25) is 0 Å². The van der Waals surface area contributed by atoms with Crippen molar-refractivity contribution in [2.75, 3.05) is 13.6 Å². The van der Waals surface area contributed by atoms with E-state index in [0.29, 0.717) is 11.8 Å². The normalized spacial score (nSPS) is 12.8. The zero-order valence-electron chi connectivity index (χ0n) is 13.5. The second kappa shape index (κ2) is 7.36. The topological polar surface area (TPSA) is 42.7 Å². The van der Waals surface area contributed by atoms with Crippen molar-refractivity contribution in [1.82, 2.24) is 20.1 Å². The van der Waals surface area contributed by atoms with Crippen LogP contribution >= 0.6 is 0 Å². The van der Waals surface area contributed by atoms with Gasteiger partial charge in [-0.25, -0.2) is 9.67 Å². The molecule has 0 aliphatic carbocycles. The van der Waals surface area contributed by atoms with Crippen molar-refractivity contribution in [3.8, 4) is 0 Å². The Balaban J connectivity index is 2.16. The van der Waals surface area contributed by atoms with E-state index in [1.807, 2.05) is 11.7 Å². The second-order valence-electron chi connectivity index (χ2n) is 6.12. The van der Waals surface area contributed by atoms with Crippen LogP contribution in [0, 0.1) is 12.8 Å². The molecule has 0 amide bonds. The Hall–Kier alpha value is -1.68. The number of rotatable bonds is 7. The lowest BCUT2D eigenvalue weighted by Gasteiger charge is -2.18. The highest BCUT2D eigenvalue weighted by atomic mass is 15.3. The van der Waals surface area contributed by atoms with Gasteiger partial charge >= 0.3 is 0 Å². The number of nitrogens with one attached hydrogen (secondary N) is 1. The SMILES string of the molecule is CNCC(Cc1ncnn1CC(C)C)c1ccc(C)cc1. The van der Waals surface area contributed by atoms with Crippen LogP contribution in [0.3, 0.4) is 0 Å². The van der Waals surface area contributed by atoms with Crippen molar-refractivity contribution in [2.24, 2.45) is 5.92 Å². The highest BCUT2D eigenvalue weighted by Gasteiger charge is 2.16. The van der Waals surface area contributed by atoms with Crippen molar-refractivity contribution >= 4 is 0 Å². The summed E-state index contributed by atoms with van der Waals surface area (Å²) in [5, 5.41) is 7.66. The van der Waals surface area contributed by atoms with E-state index in [1.54, 1.807) is 6.33 Å². The Morgan fingerprint density at radius 2 is 1.90 bits per heavy atom. The summed E-state index contributed by atoms with van der Waals surface area (Å²) >= 11 is 0. The third kappa shape index (κ3) is 4.39. The maximum Gasteiger partial charge on any atom is 0.138 e. The fraction of sp³-hybridized carbons (Fsp3) is 0.529. The predicted molar refractivity (Wildman–Crippen MR) is 86.4 cm³/mol. The molecule has 1 aromatic carbocycles. The van der Waals surface area contributed by atoms with Crippen molar-refractivity contribution in [2.45, 2.75) is 39.7 Å². The summed E-state index contributed by atoms with van der Waals surface area (Å²) in [5.41, 5.74) is 2.65. The van der Waals surface area contributed by atoms with Crippen LogP contribution in [-0.4, -0.2) is 28.4 Å². The van der Waals surface area contributed by atoms with Gasteiger partial charge in [0.25, 0.3) is 0 Å². The molecule has 2 rings (SSSR count). The lowest BCUT2D eigenvalue weighted by atomic mass is 9.94. The molecule has 1 heterocycles. The Kier molecular flexibility index (Phi) is 5.51. The fourth-order valence-corrected chi connectivity index (χ4v) is 2.56. The number of hydrogen-bond donors (Lipinski definition) is 1. The van der Waals surface area contributed by atoms with E-state index < -0.39 is 0 Å². The highest BCUT2D eigenvalue weighted by Crippen LogP contribution is 2.20. The molecule has 0 spiro atoms. The summed E-state index contributed by atoms with van der Waals surface area (Å²) in [6.07, 6.45) is 2.58. The van der Waals surface area contributed by atoms with Crippen LogP contribution in [0.25, 0.3) is 0 Å². The molecule has 0 aliphatic rings. The first kappa shape index (κ1) is 15.7. The lowest BCUT2D eigenvalue weighted by molar-refractivity contribution is 0.456. The minimum atomic E-state index is 0.422. The molecule has 0 radical (unpaired) electrons. The molecule has 4 heteroatoms. The summed E-state index contributed by atoms with van der Waals surface area (Å²) in [6, 6.07) is 8.80. The van der Waals surface area contributed by atoms with Crippen LogP contribution in [0.4, 0.5) is 0 Å². The molecule has 4 nitrogen and oxygen atoms in total. The minimum Gasteiger partial charge on any atom is -0.319 e. The molecule has 2 aromatic rings. The number of benzene rings is 1. The van der Waals surface area contributed by atoms with Gasteiger partial charge in [0.15, 0.2) is 0 Å². The van der Waals surface area contributed by atoms with Crippen LogP contribution in [0.15, 0.2) is 30.6 Å². The largest absolute Gasteiger partial charge is 0.319 e. The van der Waals surface area contributed by atoms with Gasteiger partial charge in [0.1, 0.15) is 12.2 Å². The van der Waals surface area contributed by atoms with E-state index in [0.717, 1.165) is 25.3 Å². The zero-order valence-corrected chi connectivity index (χ0v) is 13.5. The van der Waals surface area contributed by atoms with Crippen LogP contribution in [0.5, 0.6) is 0 Å². The molecule has 114 valence electrons. The molecule has 1 N–H and O–H groups in total. The Morgan fingerprint density at radius 1 is 1.19 bits per heavy atom. The van der Waals surface area contributed by atoms with Gasteiger partial charge in [-0.15, -0.1) is 0 Å². The van der Waals surface area contributed by atoms with Crippen molar-refractivity contribution in [3.63, 3.8) is 0 Å². The van der Waals surface area contributed by atoms with Crippen LogP contribution < -0.4 is 5.32 Å². The molecular weight excluding hydrogens is 260 g/mol. The average Bonchev–Trinajstić information content (AvgIpc) is 2.86. The van der Waals surface area contributed by atoms with E-state index in [-0.39, 0.29) is 0 Å². The summed E-state index contributed by atoms with van der Waals surface area (Å²) in [5.74, 6) is 2.07. The number of aromatic nitrogens is 3. The summed E-state index contributed by atoms with van der Waals surface area (Å²) in [6.45, 7) is 8.40. The molecule has 1 atom stereocenters. The van der Waals surface area contributed by atoms with Crippen LogP contribution in [-0.2, 0) is 13.0 Å². The van der Waals surface area contributed by atoms with Gasteiger partial charge in [-0.2, -0.15) is 5.10 Å². The maximum atomic E-state index is 4.46. The first-order chi connectivity index (χ1) is 10.1. The average molecular weight is 286 g/mol. The number of aryl methyl sites for hydroxylation is 1. The van der Waals surface area contributed by atoms with E-state index in [4.69, 9.17) is 0 Å². The molecule has 0 fully saturated rings. The maximum absolute atomic E-state index is 4.46. The molecule has 0 bridgehead atoms. The van der Waals surface area contributed by atoms with E-state index in [2.05, 4.69) is 60.4 Å². The second-order valence-corrected chi connectivity index (χ2v) is 6.12. The minimum absolute atomic E-state index is 0.422. The quantitative estimate of drug-likeness (QED) is 0.851. The summed E-state index contributed by atoms with van der Waals surface area (Å²) in [4.78, 5) is 4.46. The van der Waals surface area contributed by atoms with Crippen molar-refractivity contribution < 1.29 is 0 Å². The highest BCUT2D eigenvalue weighted by molar-refractivity contribution is 5.25. The third-order valence-corrected chi connectivity index (χ3v) is 3.66. The lowest BCUT2D eigenvalue weighted by Crippen LogP contribution is -2.21. The first-order valence-electron chi connectivity index (χ1n) is 7.68. The van der Waals surface area contributed by atoms with E-state index in [1.165, 1.54) is 11.1 Å². The predicted octanol–water partition coefficient (Wildman–Crippen LogP) is 2.79. The van der Waals surface area contributed by atoms with Gasteiger partial charge in [-0.05, 0) is 25.5 Å². The van der Waals surface area contributed by atoms with Crippen LogP contribution in [0.1, 0.15) is 36.7 Å². The summed E-state index contributed by atoms with van der Waals surface area (Å²) in [7, 11) is 2.00. The van der Waals surface area contributed by atoms with Gasteiger partial charge in [-0.1, -0.05) is 43.7 Å². The standard InChI is InChI=1S/C17H26N4/c1-13(2)11-21-17(19-12-20-21)9-16(10-18-4)15-7-5-14(3)6-8-15/h5-8,12-13,16,18H,9-11H2,1-4H3. The van der Waals surface area contributed by atoms with E-state index in [9.17, 15) is 0 Å². The molecule has 1 aromatic heterocycles. The Morgan fingerprint density at radius 3 is 2.52 bits per heavy atom. The molecule has 0 aliphatic heterocycles. The fourth-order valence-electron chi connectivity index (χ4n) is 2.56. The van der Waals surface area contributed by atoms with Crippen molar-refractivity contribution in [1.29, 1.82) is 0 Å². The monoisotopic (exact) mass is 286 g/mol. The third-order valence-electron chi connectivity index (χ3n) is 3.66. The molecule has 0 saturated carbocycles. The summed E-state index contributed by atoms with van der Waals surface area (Å²) < 4.78 is 2.04. The number of likely N-dealkylation sites (N-methyl/N-ethyl adjacent to an activating group) is 1. The van der Waals surface area contributed by atoms with Crippen LogP contribution in [0.2, 0.25) is 0 Å². The number of hydrogen-bond acceptors (Lipinski definition) is 3. The van der Waals surface area contributed by atoms with Gasteiger partial charge < -0.3 is 5.32 Å². The Labute approximate surface area is 127 Å². The van der Waals surface area contributed by atoms with Crippen molar-refractivity contribution in [3.05, 3.63) is 47.5 Å². The molecule has 0 saturated heterocycles. The first-order valence-corrected chi connectivity index (χ1v) is 7.68.